The van der Waals surface area contributed by atoms with Gasteiger partial charge in [-0.2, -0.15) is 0 Å². The molecule has 136 valence electrons. The normalized spacial score (nSPS) is 14.6. The first-order chi connectivity index (χ1) is 12.1. The quantitative estimate of drug-likeness (QED) is 0.471. The Morgan fingerprint density at radius 3 is 2.32 bits per heavy atom. The summed E-state index contributed by atoms with van der Waals surface area (Å²) in [5.41, 5.74) is 1.25. The maximum Gasteiger partial charge on any atom is 0.267 e. The Bertz CT molecular complexity index is 639. The Labute approximate surface area is 153 Å². The molecule has 0 atom stereocenters. The van der Waals surface area contributed by atoms with E-state index in [0.29, 0.717) is 43.3 Å². The third-order valence-electron chi connectivity index (χ3n) is 3.74. The minimum atomic E-state index is -0.221. The lowest BCUT2D eigenvalue weighted by atomic mass is 10.1. The molecule has 1 aromatic carbocycles. The SMILES string of the molecule is CCOCCCN1C(=O)C(SCC)=C(c2ccc(OCC)cc2)C1=O. The molecule has 1 aliphatic heterocycles. The molecule has 0 N–H and O–H groups in total. The van der Waals surface area contributed by atoms with Crippen LogP contribution in [0, 0.1) is 0 Å². The summed E-state index contributed by atoms with van der Waals surface area (Å²) >= 11 is 1.42. The molecule has 2 amide bonds. The van der Waals surface area contributed by atoms with Gasteiger partial charge in [-0.1, -0.05) is 19.1 Å². The lowest BCUT2D eigenvalue weighted by Crippen LogP contribution is -2.33. The molecule has 0 saturated carbocycles. The average molecular weight is 363 g/mol. The van der Waals surface area contributed by atoms with Crippen molar-refractivity contribution in [1.82, 2.24) is 4.90 Å². The minimum Gasteiger partial charge on any atom is -0.494 e. The number of nitrogens with zero attached hydrogens (tertiary/aromatic N) is 1. The number of thioether (sulfide) groups is 1. The van der Waals surface area contributed by atoms with Gasteiger partial charge in [0, 0.05) is 19.8 Å². The second-order valence-corrected chi connectivity index (χ2v) is 6.68. The van der Waals surface area contributed by atoms with Gasteiger partial charge in [0.25, 0.3) is 11.8 Å². The van der Waals surface area contributed by atoms with E-state index in [4.69, 9.17) is 9.47 Å². The summed E-state index contributed by atoms with van der Waals surface area (Å²) in [6.45, 7) is 7.97. The first kappa shape index (κ1) is 19.5. The highest BCUT2D eigenvalue weighted by Crippen LogP contribution is 2.36. The monoisotopic (exact) mass is 363 g/mol. The van der Waals surface area contributed by atoms with Crippen molar-refractivity contribution in [3.8, 4) is 5.75 Å². The number of benzene rings is 1. The molecule has 0 fully saturated rings. The molecule has 1 heterocycles. The van der Waals surface area contributed by atoms with E-state index in [1.807, 2.05) is 45.0 Å². The van der Waals surface area contributed by atoms with Gasteiger partial charge in [0.1, 0.15) is 5.75 Å². The third kappa shape index (κ3) is 4.64. The van der Waals surface area contributed by atoms with Gasteiger partial charge < -0.3 is 9.47 Å². The van der Waals surface area contributed by atoms with Crippen LogP contribution in [0.25, 0.3) is 5.57 Å². The molecule has 0 unspecified atom stereocenters. The van der Waals surface area contributed by atoms with Crippen LogP contribution in [0.1, 0.15) is 32.8 Å². The summed E-state index contributed by atoms with van der Waals surface area (Å²) in [6, 6.07) is 7.34. The van der Waals surface area contributed by atoms with E-state index in [1.54, 1.807) is 0 Å². The molecule has 1 aromatic rings. The number of amides is 2. The molecule has 5 nitrogen and oxygen atoms in total. The van der Waals surface area contributed by atoms with Crippen LogP contribution in [-0.2, 0) is 14.3 Å². The highest BCUT2D eigenvalue weighted by Gasteiger charge is 2.38. The van der Waals surface area contributed by atoms with Crippen molar-refractivity contribution in [3.63, 3.8) is 0 Å². The summed E-state index contributed by atoms with van der Waals surface area (Å²) in [4.78, 5) is 27.4. The second-order valence-electron chi connectivity index (χ2n) is 5.41. The third-order valence-corrected chi connectivity index (χ3v) is 4.70. The molecule has 0 spiro atoms. The fourth-order valence-electron chi connectivity index (χ4n) is 2.64. The lowest BCUT2D eigenvalue weighted by molar-refractivity contribution is -0.136. The van der Waals surface area contributed by atoms with Crippen LogP contribution in [0.3, 0.4) is 0 Å². The number of carbonyl (C=O) groups excluding carboxylic acids is 2. The van der Waals surface area contributed by atoms with Gasteiger partial charge in [0.15, 0.2) is 0 Å². The summed E-state index contributed by atoms with van der Waals surface area (Å²) in [7, 11) is 0. The van der Waals surface area contributed by atoms with E-state index >= 15 is 0 Å². The van der Waals surface area contributed by atoms with E-state index in [9.17, 15) is 9.59 Å². The fourth-order valence-corrected chi connectivity index (χ4v) is 3.52. The molecule has 0 aromatic heterocycles. The zero-order valence-corrected chi connectivity index (χ0v) is 15.9. The Morgan fingerprint density at radius 2 is 1.72 bits per heavy atom. The Morgan fingerprint density at radius 1 is 1.00 bits per heavy atom. The van der Waals surface area contributed by atoms with Crippen molar-refractivity contribution in [1.29, 1.82) is 0 Å². The number of hydrogen-bond acceptors (Lipinski definition) is 5. The van der Waals surface area contributed by atoms with Crippen LogP contribution in [-0.4, -0.2) is 48.8 Å². The molecule has 25 heavy (non-hydrogen) atoms. The highest BCUT2D eigenvalue weighted by molar-refractivity contribution is 8.04. The van der Waals surface area contributed by atoms with E-state index < -0.39 is 0 Å². The highest BCUT2D eigenvalue weighted by atomic mass is 32.2. The largest absolute Gasteiger partial charge is 0.494 e. The Hall–Kier alpha value is -1.79. The molecule has 6 heteroatoms. The summed E-state index contributed by atoms with van der Waals surface area (Å²) in [5, 5.41) is 0. The maximum atomic E-state index is 12.8. The van der Waals surface area contributed by atoms with Gasteiger partial charge in [0.2, 0.25) is 0 Å². The molecule has 1 aliphatic rings. The van der Waals surface area contributed by atoms with Gasteiger partial charge >= 0.3 is 0 Å². The van der Waals surface area contributed by atoms with Crippen LogP contribution in [0.4, 0.5) is 0 Å². The van der Waals surface area contributed by atoms with Crippen molar-refractivity contribution in [2.75, 3.05) is 32.1 Å². The molecule has 2 rings (SSSR count). The minimum absolute atomic E-state index is 0.197. The van der Waals surface area contributed by atoms with Crippen LogP contribution >= 0.6 is 11.8 Å². The maximum absolute atomic E-state index is 12.8. The summed E-state index contributed by atoms with van der Waals surface area (Å²) < 4.78 is 10.7. The molecular formula is C19H25NO4S. The van der Waals surface area contributed by atoms with Gasteiger partial charge in [-0.25, -0.2) is 0 Å². The Balaban J connectivity index is 2.22. The number of rotatable bonds is 10. The van der Waals surface area contributed by atoms with Crippen LogP contribution in [0.15, 0.2) is 29.2 Å². The van der Waals surface area contributed by atoms with Gasteiger partial charge in [-0.15, -0.1) is 11.8 Å². The number of imide groups is 1. The van der Waals surface area contributed by atoms with Crippen molar-refractivity contribution in [3.05, 3.63) is 34.7 Å². The topological polar surface area (TPSA) is 55.8 Å². The molecule has 0 aliphatic carbocycles. The lowest BCUT2D eigenvalue weighted by Gasteiger charge is -2.15. The van der Waals surface area contributed by atoms with Gasteiger partial charge in [-0.05, 0) is 43.7 Å². The number of carbonyl (C=O) groups is 2. The van der Waals surface area contributed by atoms with Crippen molar-refractivity contribution in [2.45, 2.75) is 27.2 Å². The summed E-state index contributed by atoms with van der Waals surface area (Å²) in [5.74, 6) is 1.07. The van der Waals surface area contributed by atoms with Gasteiger partial charge in [0.05, 0.1) is 17.1 Å². The van der Waals surface area contributed by atoms with Crippen LogP contribution in [0.2, 0.25) is 0 Å². The predicted molar refractivity (Wildman–Crippen MR) is 100 cm³/mol. The van der Waals surface area contributed by atoms with E-state index in [0.717, 1.165) is 17.1 Å². The van der Waals surface area contributed by atoms with Crippen molar-refractivity contribution in [2.24, 2.45) is 0 Å². The molecule has 0 saturated heterocycles. The second kappa shape index (κ2) is 9.63. The standard InChI is InChI=1S/C19H25NO4S/c1-4-23-13-7-12-20-18(21)16(17(19(20)22)25-6-3)14-8-10-15(11-9-14)24-5-2/h8-11H,4-7,12-13H2,1-3H3. The average Bonchev–Trinajstić information content (AvgIpc) is 2.84. The molecular weight excluding hydrogens is 338 g/mol. The fraction of sp³-hybridized carbons (Fsp3) is 0.474. The first-order valence-electron chi connectivity index (χ1n) is 8.68. The Kier molecular flexibility index (Phi) is 7.52. The van der Waals surface area contributed by atoms with E-state index in [2.05, 4.69) is 0 Å². The molecule has 0 radical (unpaired) electrons. The van der Waals surface area contributed by atoms with Crippen molar-refractivity contribution >= 4 is 29.1 Å². The number of ether oxygens (including phenoxy) is 2. The smallest absolute Gasteiger partial charge is 0.267 e. The first-order valence-corrected chi connectivity index (χ1v) is 9.66. The zero-order chi connectivity index (χ0) is 18.2. The van der Waals surface area contributed by atoms with Crippen LogP contribution in [0.5, 0.6) is 5.75 Å². The van der Waals surface area contributed by atoms with E-state index in [-0.39, 0.29) is 11.8 Å². The van der Waals surface area contributed by atoms with E-state index in [1.165, 1.54) is 16.7 Å². The van der Waals surface area contributed by atoms with Crippen molar-refractivity contribution < 1.29 is 19.1 Å². The number of hydrogen-bond donors (Lipinski definition) is 0. The zero-order valence-electron chi connectivity index (χ0n) is 15.0. The molecule has 0 bridgehead atoms. The van der Waals surface area contributed by atoms with Gasteiger partial charge in [-0.3, -0.25) is 14.5 Å². The summed E-state index contributed by atoms with van der Waals surface area (Å²) in [6.07, 6.45) is 0.645. The van der Waals surface area contributed by atoms with Crippen LogP contribution < -0.4 is 4.74 Å². The predicted octanol–water partition coefficient (Wildman–Crippen LogP) is 3.34.